The van der Waals surface area contributed by atoms with Crippen molar-refractivity contribution < 1.29 is 12.8 Å². The molecule has 1 saturated heterocycles. The molecular weight excluding hydrogens is 266 g/mol. The van der Waals surface area contributed by atoms with Gasteiger partial charge in [0.05, 0.1) is 11.8 Å². The van der Waals surface area contributed by atoms with E-state index in [1.54, 1.807) is 19.1 Å². The van der Waals surface area contributed by atoms with E-state index in [-0.39, 0.29) is 11.0 Å². The minimum atomic E-state index is -3.21. The van der Waals surface area contributed by atoms with Crippen molar-refractivity contribution in [1.82, 2.24) is 9.62 Å². The van der Waals surface area contributed by atoms with Crippen LogP contribution in [-0.4, -0.2) is 38.2 Å². The maximum Gasteiger partial charge on any atom is 0.215 e. The van der Waals surface area contributed by atoms with Crippen LogP contribution in [0.4, 0.5) is 0 Å². The highest BCUT2D eigenvalue weighted by atomic mass is 32.2. The molecule has 0 aromatic carbocycles. The number of nitrogens with zero attached hydrogens (tertiary/aromatic N) is 2. The molecule has 0 radical (unpaired) electrons. The van der Waals surface area contributed by atoms with Crippen molar-refractivity contribution in [1.29, 1.82) is 5.26 Å². The van der Waals surface area contributed by atoms with E-state index in [4.69, 9.17) is 9.68 Å². The monoisotopic (exact) mass is 283 g/mol. The quantitative estimate of drug-likeness (QED) is 0.858. The number of sulfonamides is 1. The van der Waals surface area contributed by atoms with Crippen LogP contribution in [0.5, 0.6) is 0 Å². The van der Waals surface area contributed by atoms with Gasteiger partial charge in [0, 0.05) is 19.6 Å². The van der Waals surface area contributed by atoms with Crippen molar-refractivity contribution >= 4 is 10.0 Å². The zero-order valence-corrected chi connectivity index (χ0v) is 11.6. The SMILES string of the molecule is CCNS(=O)(=O)[C@H]1CCN(Cc2ccc(C#N)o2)C1. The Morgan fingerprint density at radius 3 is 3.00 bits per heavy atom. The maximum atomic E-state index is 11.9. The van der Waals surface area contributed by atoms with Gasteiger partial charge in [-0.15, -0.1) is 0 Å². The standard InChI is InChI=1S/C12H17N3O3S/c1-2-14-19(16,17)12-5-6-15(9-12)8-11-4-3-10(7-13)18-11/h3-4,12,14H,2,5-6,8-9H2,1H3/t12-/m0/s1. The summed E-state index contributed by atoms with van der Waals surface area (Å²) >= 11 is 0. The molecular formula is C12H17N3O3S. The third-order valence-electron chi connectivity index (χ3n) is 3.16. The second-order valence-electron chi connectivity index (χ2n) is 4.57. The number of furan rings is 1. The molecule has 1 N–H and O–H groups in total. The maximum absolute atomic E-state index is 11.9. The summed E-state index contributed by atoms with van der Waals surface area (Å²) < 4.78 is 31.6. The van der Waals surface area contributed by atoms with E-state index in [0.717, 1.165) is 6.54 Å². The third kappa shape index (κ3) is 3.35. The number of nitriles is 1. The van der Waals surface area contributed by atoms with E-state index in [2.05, 4.69) is 4.72 Å². The molecule has 0 amide bonds. The first kappa shape index (κ1) is 14.1. The third-order valence-corrected chi connectivity index (χ3v) is 5.12. The highest BCUT2D eigenvalue weighted by Gasteiger charge is 2.32. The van der Waals surface area contributed by atoms with Crippen molar-refractivity contribution in [2.24, 2.45) is 0 Å². The Morgan fingerprint density at radius 2 is 2.37 bits per heavy atom. The Morgan fingerprint density at radius 1 is 1.58 bits per heavy atom. The summed E-state index contributed by atoms with van der Waals surface area (Å²) in [5, 5.41) is 8.31. The number of nitrogens with one attached hydrogen (secondary N) is 1. The zero-order chi connectivity index (χ0) is 13.9. The van der Waals surface area contributed by atoms with Gasteiger partial charge in [0.2, 0.25) is 15.8 Å². The zero-order valence-electron chi connectivity index (χ0n) is 10.8. The van der Waals surface area contributed by atoms with Crippen molar-refractivity contribution in [2.45, 2.75) is 25.1 Å². The van der Waals surface area contributed by atoms with E-state index >= 15 is 0 Å². The molecule has 19 heavy (non-hydrogen) atoms. The van der Waals surface area contributed by atoms with Gasteiger partial charge in [0.15, 0.2) is 0 Å². The van der Waals surface area contributed by atoms with Crippen LogP contribution in [0.1, 0.15) is 24.9 Å². The molecule has 104 valence electrons. The summed E-state index contributed by atoms with van der Waals surface area (Å²) in [6, 6.07) is 5.31. The van der Waals surface area contributed by atoms with E-state index in [1.807, 2.05) is 11.0 Å². The molecule has 1 aromatic heterocycles. The molecule has 0 bridgehead atoms. The van der Waals surface area contributed by atoms with Crippen molar-refractivity contribution in [3.63, 3.8) is 0 Å². The van der Waals surface area contributed by atoms with Crippen molar-refractivity contribution in [3.05, 3.63) is 23.7 Å². The van der Waals surface area contributed by atoms with Crippen LogP contribution in [-0.2, 0) is 16.6 Å². The topological polar surface area (TPSA) is 86.3 Å². The molecule has 1 aliphatic heterocycles. The minimum Gasteiger partial charge on any atom is -0.449 e. The smallest absolute Gasteiger partial charge is 0.215 e. The molecule has 1 aliphatic rings. The van der Waals surface area contributed by atoms with Gasteiger partial charge < -0.3 is 4.42 Å². The van der Waals surface area contributed by atoms with Gasteiger partial charge in [0.25, 0.3) is 0 Å². The summed E-state index contributed by atoms with van der Waals surface area (Å²) in [6.07, 6.45) is 0.626. The Balaban J connectivity index is 1.94. The molecule has 6 nitrogen and oxygen atoms in total. The highest BCUT2D eigenvalue weighted by molar-refractivity contribution is 7.90. The van der Waals surface area contributed by atoms with E-state index in [9.17, 15) is 8.42 Å². The van der Waals surface area contributed by atoms with Crippen LogP contribution in [0.3, 0.4) is 0 Å². The average Bonchev–Trinajstić information content (AvgIpc) is 2.99. The Kier molecular flexibility index (Phi) is 4.24. The number of rotatable bonds is 5. The molecule has 0 unspecified atom stereocenters. The Hall–Kier alpha value is -1.36. The van der Waals surface area contributed by atoms with Gasteiger partial charge in [-0.3, -0.25) is 4.90 Å². The molecule has 7 heteroatoms. The van der Waals surface area contributed by atoms with Crippen LogP contribution >= 0.6 is 0 Å². The fourth-order valence-electron chi connectivity index (χ4n) is 2.26. The lowest BCUT2D eigenvalue weighted by atomic mass is 10.4. The van der Waals surface area contributed by atoms with Gasteiger partial charge in [-0.05, 0) is 18.6 Å². The summed E-state index contributed by atoms with van der Waals surface area (Å²) in [4.78, 5) is 2.03. The van der Waals surface area contributed by atoms with Crippen LogP contribution in [0.15, 0.2) is 16.5 Å². The molecule has 0 saturated carbocycles. The van der Waals surface area contributed by atoms with Crippen LogP contribution in [0.25, 0.3) is 0 Å². The largest absolute Gasteiger partial charge is 0.449 e. The summed E-state index contributed by atoms with van der Waals surface area (Å²) in [5.74, 6) is 0.976. The van der Waals surface area contributed by atoms with E-state index in [1.165, 1.54) is 0 Å². The molecule has 2 rings (SSSR count). The summed E-state index contributed by atoms with van der Waals surface area (Å²) in [7, 11) is -3.21. The number of likely N-dealkylation sites (tertiary alicyclic amines) is 1. The summed E-state index contributed by atoms with van der Waals surface area (Å²) in [5.41, 5.74) is 0. The van der Waals surface area contributed by atoms with Crippen LogP contribution in [0, 0.1) is 11.3 Å². The fraction of sp³-hybridized carbons (Fsp3) is 0.583. The normalized spacial score (nSPS) is 20.5. The Labute approximate surface area is 113 Å². The van der Waals surface area contributed by atoms with E-state index in [0.29, 0.717) is 31.8 Å². The predicted molar refractivity (Wildman–Crippen MR) is 69.7 cm³/mol. The first-order valence-electron chi connectivity index (χ1n) is 6.25. The highest BCUT2D eigenvalue weighted by Crippen LogP contribution is 2.19. The lowest BCUT2D eigenvalue weighted by Gasteiger charge is -2.14. The molecule has 1 fully saturated rings. The lowest BCUT2D eigenvalue weighted by molar-refractivity contribution is 0.296. The molecule has 1 aromatic rings. The molecule has 0 spiro atoms. The van der Waals surface area contributed by atoms with Crippen LogP contribution in [0.2, 0.25) is 0 Å². The Bertz CT molecular complexity index is 573. The van der Waals surface area contributed by atoms with Gasteiger partial charge >= 0.3 is 0 Å². The first-order valence-corrected chi connectivity index (χ1v) is 7.79. The predicted octanol–water partition coefficient (Wildman–Crippen LogP) is 0.665. The second-order valence-corrected chi connectivity index (χ2v) is 6.61. The first-order chi connectivity index (χ1) is 9.05. The van der Waals surface area contributed by atoms with E-state index < -0.39 is 10.0 Å². The van der Waals surface area contributed by atoms with Gasteiger partial charge in [0.1, 0.15) is 11.8 Å². The van der Waals surface area contributed by atoms with Gasteiger partial charge in [-0.25, -0.2) is 13.1 Å². The van der Waals surface area contributed by atoms with Crippen molar-refractivity contribution in [2.75, 3.05) is 19.6 Å². The van der Waals surface area contributed by atoms with Crippen LogP contribution < -0.4 is 4.72 Å². The summed E-state index contributed by atoms with van der Waals surface area (Å²) in [6.45, 7) is 3.95. The molecule has 0 aliphatic carbocycles. The average molecular weight is 283 g/mol. The van der Waals surface area contributed by atoms with Gasteiger partial charge in [-0.1, -0.05) is 6.92 Å². The van der Waals surface area contributed by atoms with Gasteiger partial charge in [-0.2, -0.15) is 5.26 Å². The fourth-order valence-corrected chi connectivity index (χ4v) is 3.72. The molecule has 2 heterocycles. The second kappa shape index (κ2) is 5.74. The minimum absolute atomic E-state index is 0.283. The number of hydrogen-bond acceptors (Lipinski definition) is 5. The lowest BCUT2D eigenvalue weighted by Crippen LogP contribution is -2.36. The number of hydrogen-bond donors (Lipinski definition) is 1. The molecule has 1 atom stereocenters. The van der Waals surface area contributed by atoms with Crippen molar-refractivity contribution in [3.8, 4) is 6.07 Å².